The van der Waals surface area contributed by atoms with Gasteiger partial charge in [-0.3, -0.25) is 0 Å². The highest BCUT2D eigenvalue weighted by atomic mass is 79.9. The van der Waals surface area contributed by atoms with Crippen molar-refractivity contribution in [2.24, 2.45) is 0 Å². The van der Waals surface area contributed by atoms with E-state index in [1.165, 1.54) is 0 Å². The fraction of sp³-hybridized carbons (Fsp3) is 0.200. The van der Waals surface area contributed by atoms with Crippen LogP contribution in [0.15, 0.2) is 40.9 Å². The van der Waals surface area contributed by atoms with Crippen molar-refractivity contribution in [3.05, 3.63) is 45.9 Å². The number of hydrogen-bond donors (Lipinski definition) is 2. The molecule has 0 radical (unpaired) electrons. The molecule has 2 rings (SSSR count). The number of rotatable bonds is 4. The SMILES string of the molecule is CC(C)Oc1cc(Nc2ccc(Br)c(Cl)c2)ccc1N. The van der Waals surface area contributed by atoms with E-state index < -0.39 is 0 Å². The number of benzene rings is 2. The highest BCUT2D eigenvalue weighted by Crippen LogP contribution is 2.30. The molecule has 0 amide bonds. The van der Waals surface area contributed by atoms with Crippen molar-refractivity contribution in [3.63, 3.8) is 0 Å². The molecule has 0 heterocycles. The van der Waals surface area contributed by atoms with E-state index in [0.717, 1.165) is 15.8 Å². The van der Waals surface area contributed by atoms with Crippen molar-refractivity contribution in [1.29, 1.82) is 0 Å². The molecule has 3 nitrogen and oxygen atoms in total. The van der Waals surface area contributed by atoms with E-state index in [0.29, 0.717) is 16.5 Å². The van der Waals surface area contributed by atoms with Gasteiger partial charge in [-0.25, -0.2) is 0 Å². The molecule has 3 N–H and O–H groups in total. The molecule has 0 aliphatic carbocycles. The van der Waals surface area contributed by atoms with Crippen LogP contribution in [0.25, 0.3) is 0 Å². The molecule has 0 aliphatic rings. The molecule has 106 valence electrons. The van der Waals surface area contributed by atoms with E-state index in [1.807, 2.05) is 50.2 Å². The summed E-state index contributed by atoms with van der Waals surface area (Å²) in [5, 5.41) is 3.93. The lowest BCUT2D eigenvalue weighted by atomic mass is 10.2. The van der Waals surface area contributed by atoms with E-state index in [2.05, 4.69) is 21.2 Å². The molecular weight excluding hydrogens is 340 g/mol. The van der Waals surface area contributed by atoms with E-state index in [9.17, 15) is 0 Å². The molecule has 0 fully saturated rings. The summed E-state index contributed by atoms with van der Waals surface area (Å²) in [7, 11) is 0. The Morgan fingerprint density at radius 3 is 2.45 bits per heavy atom. The normalized spacial score (nSPS) is 10.7. The Morgan fingerprint density at radius 2 is 1.80 bits per heavy atom. The molecule has 0 unspecified atom stereocenters. The lowest BCUT2D eigenvalue weighted by Crippen LogP contribution is -2.07. The van der Waals surface area contributed by atoms with Crippen LogP contribution in [0.3, 0.4) is 0 Å². The number of anilines is 3. The minimum absolute atomic E-state index is 0.0784. The molecule has 20 heavy (non-hydrogen) atoms. The van der Waals surface area contributed by atoms with Crippen LogP contribution in [0.2, 0.25) is 5.02 Å². The zero-order chi connectivity index (χ0) is 14.7. The van der Waals surface area contributed by atoms with Crippen molar-refractivity contribution >= 4 is 44.6 Å². The number of nitrogens with one attached hydrogen (secondary N) is 1. The van der Waals surface area contributed by atoms with Crippen LogP contribution in [-0.2, 0) is 0 Å². The van der Waals surface area contributed by atoms with Gasteiger partial charge in [-0.2, -0.15) is 0 Å². The van der Waals surface area contributed by atoms with Crippen LogP contribution in [0.1, 0.15) is 13.8 Å². The predicted molar refractivity (Wildman–Crippen MR) is 89.1 cm³/mol. The van der Waals surface area contributed by atoms with Crippen molar-refractivity contribution < 1.29 is 4.74 Å². The summed E-state index contributed by atoms with van der Waals surface area (Å²) in [5.74, 6) is 0.674. The summed E-state index contributed by atoms with van der Waals surface area (Å²) >= 11 is 9.44. The van der Waals surface area contributed by atoms with Gasteiger partial charge in [-0.15, -0.1) is 0 Å². The van der Waals surface area contributed by atoms with Gasteiger partial charge < -0.3 is 15.8 Å². The molecule has 0 bridgehead atoms. The maximum absolute atomic E-state index is 6.07. The third-order valence-corrected chi connectivity index (χ3v) is 3.82. The molecule has 0 spiro atoms. The van der Waals surface area contributed by atoms with Gasteiger partial charge in [0.05, 0.1) is 16.8 Å². The Balaban J connectivity index is 2.22. The van der Waals surface area contributed by atoms with Gasteiger partial charge in [0.2, 0.25) is 0 Å². The lowest BCUT2D eigenvalue weighted by Gasteiger charge is -2.14. The van der Waals surface area contributed by atoms with Crippen LogP contribution >= 0.6 is 27.5 Å². The number of nitrogen functional groups attached to an aromatic ring is 1. The quantitative estimate of drug-likeness (QED) is 0.740. The van der Waals surface area contributed by atoms with E-state index in [-0.39, 0.29) is 6.10 Å². The number of ether oxygens (including phenoxy) is 1. The first-order valence-corrected chi connectivity index (χ1v) is 7.41. The summed E-state index contributed by atoms with van der Waals surface area (Å²) in [5.41, 5.74) is 8.32. The molecule has 0 saturated heterocycles. The first-order valence-electron chi connectivity index (χ1n) is 6.24. The van der Waals surface area contributed by atoms with Crippen LogP contribution in [0.4, 0.5) is 17.1 Å². The second kappa shape index (κ2) is 6.37. The minimum atomic E-state index is 0.0784. The zero-order valence-electron chi connectivity index (χ0n) is 11.3. The summed E-state index contributed by atoms with van der Waals surface area (Å²) in [6, 6.07) is 11.3. The summed E-state index contributed by atoms with van der Waals surface area (Å²) < 4.78 is 6.53. The highest BCUT2D eigenvalue weighted by Gasteiger charge is 2.05. The molecule has 5 heteroatoms. The average molecular weight is 356 g/mol. The third-order valence-electron chi connectivity index (χ3n) is 2.58. The summed E-state index contributed by atoms with van der Waals surface area (Å²) in [6.45, 7) is 3.93. The Morgan fingerprint density at radius 1 is 1.15 bits per heavy atom. The largest absolute Gasteiger partial charge is 0.489 e. The van der Waals surface area contributed by atoms with Gasteiger partial charge in [0.15, 0.2) is 0 Å². The Hall–Kier alpha value is -1.39. The Kier molecular flexibility index (Phi) is 4.78. The number of hydrogen-bond acceptors (Lipinski definition) is 3. The third kappa shape index (κ3) is 3.81. The van der Waals surface area contributed by atoms with Gasteiger partial charge in [0, 0.05) is 21.9 Å². The van der Waals surface area contributed by atoms with Crippen LogP contribution in [-0.4, -0.2) is 6.10 Å². The second-order valence-corrected chi connectivity index (χ2v) is 5.93. The lowest BCUT2D eigenvalue weighted by molar-refractivity contribution is 0.244. The van der Waals surface area contributed by atoms with Crippen molar-refractivity contribution in [2.45, 2.75) is 20.0 Å². The molecule has 0 saturated carbocycles. The molecule has 0 atom stereocenters. The van der Waals surface area contributed by atoms with Crippen molar-refractivity contribution in [2.75, 3.05) is 11.1 Å². The molecular formula is C15H16BrClN2O. The summed E-state index contributed by atoms with van der Waals surface area (Å²) in [6.07, 6.45) is 0.0784. The smallest absolute Gasteiger partial charge is 0.144 e. The van der Waals surface area contributed by atoms with Crippen LogP contribution in [0, 0.1) is 0 Å². The predicted octanol–water partition coefficient (Wildman–Crippen LogP) is 5.22. The first kappa shape index (κ1) is 15.0. The van der Waals surface area contributed by atoms with Crippen molar-refractivity contribution in [1.82, 2.24) is 0 Å². The van der Waals surface area contributed by atoms with E-state index in [4.69, 9.17) is 22.1 Å². The van der Waals surface area contributed by atoms with E-state index >= 15 is 0 Å². The number of halogens is 2. The van der Waals surface area contributed by atoms with Gasteiger partial charge in [-0.1, -0.05) is 11.6 Å². The maximum atomic E-state index is 6.07. The molecule has 0 aliphatic heterocycles. The molecule has 0 aromatic heterocycles. The standard InChI is InChI=1S/C15H16BrClN2O/c1-9(2)20-15-8-11(4-6-14(15)18)19-10-3-5-12(16)13(17)7-10/h3-9,19H,18H2,1-2H3. The van der Waals surface area contributed by atoms with E-state index in [1.54, 1.807) is 0 Å². The second-order valence-electron chi connectivity index (χ2n) is 4.67. The molecule has 2 aromatic carbocycles. The monoisotopic (exact) mass is 354 g/mol. The minimum Gasteiger partial charge on any atom is -0.489 e. The van der Waals surface area contributed by atoms with Gasteiger partial charge in [0.1, 0.15) is 5.75 Å². The van der Waals surface area contributed by atoms with Gasteiger partial charge >= 0.3 is 0 Å². The van der Waals surface area contributed by atoms with Crippen LogP contribution < -0.4 is 15.8 Å². The number of nitrogens with two attached hydrogens (primary N) is 1. The van der Waals surface area contributed by atoms with Crippen molar-refractivity contribution in [3.8, 4) is 5.75 Å². The molecule has 2 aromatic rings. The average Bonchev–Trinajstić information content (AvgIpc) is 2.37. The fourth-order valence-electron chi connectivity index (χ4n) is 1.71. The topological polar surface area (TPSA) is 47.3 Å². The first-order chi connectivity index (χ1) is 9.45. The Labute approximate surface area is 132 Å². The zero-order valence-corrected chi connectivity index (χ0v) is 13.6. The highest BCUT2D eigenvalue weighted by molar-refractivity contribution is 9.10. The summed E-state index contributed by atoms with van der Waals surface area (Å²) in [4.78, 5) is 0. The maximum Gasteiger partial charge on any atom is 0.144 e. The van der Waals surface area contributed by atoms with Gasteiger partial charge in [0.25, 0.3) is 0 Å². The fourth-order valence-corrected chi connectivity index (χ4v) is 2.14. The van der Waals surface area contributed by atoms with Gasteiger partial charge in [-0.05, 0) is 60.1 Å². The Bertz CT molecular complexity index is 617. The van der Waals surface area contributed by atoms with Crippen LogP contribution in [0.5, 0.6) is 5.75 Å².